The molecule has 0 aliphatic heterocycles. The zero-order valence-electron chi connectivity index (χ0n) is 17.7. The van der Waals surface area contributed by atoms with E-state index in [-0.39, 0.29) is 11.9 Å². The van der Waals surface area contributed by atoms with Gasteiger partial charge in [-0.3, -0.25) is 9.78 Å². The van der Waals surface area contributed by atoms with E-state index in [9.17, 15) is 4.79 Å². The molecule has 1 unspecified atom stereocenters. The van der Waals surface area contributed by atoms with Gasteiger partial charge < -0.3 is 9.88 Å². The number of halogens is 1. The normalized spacial score (nSPS) is 11.9. The number of benzene rings is 3. The van der Waals surface area contributed by atoms with Crippen LogP contribution in [0.15, 0.2) is 104 Å². The fourth-order valence-electron chi connectivity index (χ4n) is 3.91. The molecule has 0 bridgehead atoms. The fraction of sp³-hybridized carbons (Fsp3) is 0.0741. The molecule has 6 heteroatoms. The summed E-state index contributed by atoms with van der Waals surface area (Å²) in [6.45, 7) is 0.435. The van der Waals surface area contributed by atoms with Crippen LogP contribution in [0.5, 0.6) is 0 Å². The van der Waals surface area contributed by atoms with Crippen molar-refractivity contribution in [3.8, 4) is 11.1 Å². The van der Waals surface area contributed by atoms with E-state index in [0.29, 0.717) is 17.1 Å². The molecule has 33 heavy (non-hydrogen) atoms. The largest absolute Gasteiger partial charge is 0.350 e. The summed E-state index contributed by atoms with van der Waals surface area (Å²) in [5.74, 6) is -0.118. The van der Waals surface area contributed by atoms with Crippen LogP contribution < -0.4 is 5.32 Å². The second-order valence-corrected chi connectivity index (χ2v) is 8.24. The lowest BCUT2D eigenvalue weighted by Crippen LogP contribution is -2.31. The van der Waals surface area contributed by atoms with Gasteiger partial charge >= 0.3 is 0 Å². The van der Waals surface area contributed by atoms with Crippen LogP contribution in [0, 0.1) is 0 Å². The standard InChI is InChI=1S/C27H21ClN4O/c28-25-9-7-20(8-10-25)19-1-3-21(4-2-19)27(33)31-17-26(32-14-13-30-18-32)23-5-6-24-16-29-12-11-22(24)15-23/h1-16,18,26H,17H2,(H,31,33). The third-order valence-electron chi connectivity index (χ3n) is 5.71. The van der Waals surface area contributed by atoms with Gasteiger partial charge in [0.1, 0.15) is 0 Å². The highest BCUT2D eigenvalue weighted by atomic mass is 35.5. The van der Waals surface area contributed by atoms with Crippen molar-refractivity contribution >= 4 is 28.3 Å². The second kappa shape index (κ2) is 9.27. The summed E-state index contributed by atoms with van der Waals surface area (Å²) >= 11 is 5.97. The maximum atomic E-state index is 12.9. The molecule has 1 atom stereocenters. The minimum atomic E-state index is -0.118. The number of aromatic nitrogens is 3. The van der Waals surface area contributed by atoms with Crippen molar-refractivity contribution in [2.45, 2.75) is 6.04 Å². The SMILES string of the molecule is O=C(NCC(c1ccc2cnccc2c1)n1ccnc1)c1ccc(-c2ccc(Cl)cc2)cc1. The molecule has 1 N–H and O–H groups in total. The predicted octanol–water partition coefficient (Wildman–Crippen LogP) is 5.77. The molecule has 3 aromatic carbocycles. The Bertz CT molecular complexity index is 1380. The molecule has 0 aliphatic carbocycles. The van der Waals surface area contributed by atoms with E-state index in [2.05, 4.69) is 33.5 Å². The number of carbonyl (C=O) groups excluding carboxylic acids is 1. The predicted molar refractivity (Wildman–Crippen MR) is 131 cm³/mol. The first-order valence-electron chi connectivity index (χ1n) is 10.6. The van der Waals surface area contributed by atoms with Crippen molar-refractivity contribution in [3.63, 3.8) is 0 Å². The van der Waals surface area contributed by atoms with Crippen LogP contribution in [-0.4, -0.2) is 27.0 Å². The average Bonchev–Trinajstić information content (AvgIpc) is 3.39. The van der Waals surface area contributed by atoms with Crippen molar-refractivity contribution in [3.05, 3.63) is 120 Å². The van der Waals surface area contributed by atoms with Crippen molar-refractivity contribution < 1.29 is 4.79 Å². The number of hydrogen-bond acceptors (Lipinski definition) is 3. The van der Waals surface area contributed by atoms with Crippen molar-refractivity contribution in [2.24, 2.45) is 0 Å². The molecule has 0 saturated carbocycles. The second-order valence-electron chi connectivity index (χ2n) is 7.80. The Morgan fingerprint density at radius 3 is 2.36 bits per heavy atom. The minimum Gasteiger partial charge on any atom is -0.350 e. The van der Waals surface area contributed by atoms with Gasteiger partial charge in [-0.15, -0.1) is 0 Å². The number of carbonyl (C=O) groups is 1. The summed E-state index contributed by atoms with van der Waals surface area (Å²) < 4.78 is 2.01. The van der Waals surface area contributed by atoms with E-state index >= 15 is 0 Å². The molecule has 5 nitrogen and oxygen atoms in total. The number of pyridine rings is 1. The molecule has 1 amide bonds. The zero-order valence-corrected chi connectivity index (χ0v) is 18.5. The van der Waals surface area contributed by atoms with Gasteiger partial charge in [0, 0.05) is 47.3 Å². The molecule has 2 heterocycles. The number of amides is 1. The van der Waals surface area contributed by atoms with Gasteiger partial charge in [-0.25, -0.2) is 4.98 Å². The monoisotopic (exact) mass is 452 g/mol. The Hall–Kier alpha value is -3.96. The topological polar surface area (TPSA) is 59.8 Å². The van der Waals surface area contributed by atoms with Crippen LogP contribution in [0.3, 0.4) is 0 Å². The quantitative estimate of drug-likeness (QED) is 0.355. The number of nitrogens with zero attached hydrogens (tertiary/aromatic N) is 3. The Kier molecular flexibility index (Phi) is 5.87. The summed E-state index contributed by atoms with van der Waals surface area (Å²) in [7, 11) is 0. The first-order valence-corrected chi connectivity index (χ1v) is 11.0. The maximum absolute atomic E-state index is 12.9. The highest BCUT2D eigenvalue weighted by Gasteiger charge is 2.16. The summed E-state index contributed by atoms with van der Waals surface area (Å²) in [4.78, 5) is 21.3. The molecular weight excluding hydrogens is 432 g/mol. The van der Waals surface area contributed by atoms with Crippen LogP contribution in [0.4, 0.5) is 0 Å². The van der Waals surface area contributed by atoms with Gasteiger partial charge in [-0.05, 0) is 58.5 Å². The first kappa shape index (κ1) is 20.9. The van der Waals surface area contributed by atoms with E-state index in [0.717, 1.165) is 27.5 Å². The zero-order chi connectivity index (χ0) is 22.6. The van der Waals surface area contributed by atoms with Crippen LogP contribution in [0.2, 0.25) is 5.02 Å². The molecule has 5 rings (SSSR count). The van der Waals surface area contributed by atoms with Crippen molar-refractivity contribution in [2.75, 3.05) is 6.54 Å². The van der Waals surface area contributed by atoms with E-state index in [1.54, 1.807) is 18.7 Å². The van der Waals surface area contributed by atoms with Crippen LogP contribution >= 0.6 is 11.6 Å². The fourth-order valence-corrected chi connectivity index (χ4v) is 4.03. The molecule has 5 aromatic rings. The van der Waals surface area contributed by atoms with E-state index < -0.39 is 0 Å². The minimum absolute atomic E-state index is 0.0812. The smallest absolute Gasteiger partial charge is 0.251 e. The number of nitrogens with one attached hydrogen (secondary N) is 1. The molecule has 0 saturated heterocycles. The van der Waals surface area contributed by atoms with Crippen LogP contribution in [0.1, 0.15) is 22.0 Å². The van der Waals surface area contributed by atoms with E-state index in [1.807, 2.05) is 71.6 Å². The third-order valence-corrected chi connectivity index (χ3v) is 5.97. The van der Waals surface area contributed by atoms with E-state index in [4.69, 9.17) is 11.6 Å². The van der Waals surface area contributed by atoms with Gasteiger partial charge in [-0.1, -0.05) is 48.0 Å². The summed E-state index contributed by atoms with van der Waals surface area (Å²) in [5.41, 5.74) is 3.79. The summed E-state index contributed by atoms with van der Waals surface area (Å²) in [6.07, 6.45) is 9.06. The van der Waals surface area contributed by atoms with Gasteiger partial charge in [0.05, 0.1) is 12.4 Å². The molecule has 2 aromatic heterocycles. The first-order chi connectivity index (χ1) is 16.2. The lowest BCUT2D eigenvalue weighted by atomic mass is 10.0. The summed E-state index contributed by atoms with van der Waals surface area (Å²) in [5, 5.41) is 5.97. The molecule has 0 aliphatic rings. The third kappa shape index (κ3) is 4.64. The molecule has 162 valence electrons. The number of imidazole rings is 1. The number of fused-ring (bicyclic) bond motifs is 1. The van der Waals surface area contributed by atoms with Crippen molar-refractivity contribution in [1.82, 2.24) is 19.9 Å². The van der Waals surface area contributed by atoms with Crippen LogP contribution in [-0.2, 0) is 0 Å². The van der Waals surface area contributed by atoms with Crippen molar-refractivity contribution in [1.29, 1.82) is 0 Å². The maximum Gasteiger partial charge on any atom is 0.251 e. The molecule has 0 radical (unpaired) electrons. The average molecular weight is 453 g/mol. The van der Waals surface area contributed by atoms with Gasteiger partial charge in [0.15, 0.2) is 0 Å². The van der Waals surface area contributed by atoms with E-state index in [1.165, 1.54) is 0 Å². The number of hydrogen-bond donors (Lipinski definition) is 1. The van der Waals surface area contributed by atoms with Gasteiger partial charge in [0.25, 0.3) is 5.91 Å². The molecular formula is C27H21ClN4O. The number of rotatable bonds is 6. The lowest BCUT2D eigenvalue weighted by Gasteiger charge is -2.20. The summed E-state index contributed by atoms with van der Waals surface area (Å²) in [6, 6.07) is 23.4. The Labute approximate surface area is 196 Å². The van der Waals surface area contributed by atoms with Gasteiger partial charge in [-0.2, -0.15) is 0 Å². The highest BCUT2D eigenvalue weighted by molar-refractivity contribution is 6.30. The van der Waals surface area contributed by atoms with Gasteiger partial charge in [0.2, 0.25) is 0 Å². The Morgan fingerprint density at radius 1 is 0.879 bits per heavy atom. The van der Waals surface area contributed by atoms with Crippen LogP contribution in [0.25, 0.3) is 21.9 Å². The Balaban J connectivity index is 1.33. The lowest BCUT2D eigenvalue weighted by molar-refractivity contribution is 0.0950. The molecule has 0 spiro atoms. The Morgan fingerprint density at radius 2 is 1.64 bits per heavy atom. The highest BCUT2D eigenvalue weighted by Crippen LogP contribution is 2.24. The molecule has 0 fully saturated rings.